The molecule has 3 N–H and O–H groups in total. The van der Waals surface area contributed by atoms with Crippen LogP contribution in [0.25, 0.3) is 0 Å². The van der Waals surface area contributed by atoms with Gasteiger partial charge in [-0.05, 0) is 19.3 Å². The molecule has 1 amide bonds. The maximum Gasteiger partial charge on any atom is 0.237 e. The Morgan fingerprint density at radius 3 is 2.75 bits per heavy atom. The van der Waals surface area contributed by atoms with Crippen LogP contribution in [0.3, 0.4) is 0 Å². The Bertz CT molecular complexity index is 227. The molecule has 0 aromatic heterocycles. The number of nitrogens with two attached hydrogens (primary N) is 1. The molecule has 2 unspecified atom stereocenters. The average molecular weight is 228 g/mol. The lowest BCUT2D eigenvalue weighted by atomic mass is 9.97. The zero-order chi connectivity index (χ0) is 12.1. The molecule has 1 saturated heterocycles. The summed E-state index contributed by atoms with van der Waals surface area (Å²) in [7, 11) is 0. The Morgan fingerprint density at radius 1 is 1.56 bits per heavy atom. The lowest BCUT2D eigenvalue weighted by molar-refractivity contribution is -0.124. The molecule has 1 heterocycles. The number of nitrogens with one attached hydrogen (secondary N) is 1. The molecule has 1 fully saturated rings. The van der Waals surface area contributed by atoms with Crippen LogP contribution in [0.1, 0.15) is 33.6 Å². The van der Waals surface area contributed by atoms with Crippen LogP contribution in [0.15, 0.2) is 0 Å². The highest BCUT2D eigenvalue weighted by atomic mass is 16.5. The number of rotatable bonds is 5. The minimum absolute atomic E-state index is 0.0336. The molecule has 0 radical (unpaired) electrons. The Hall–Kier alpha value is -0.610. The summed E-state index contributed by atoms with van der Waals surface area (Å²) in [5, 5.41) is 2.99. The van der Waals surface area contributed by atoms with E-state index in [0.717, 1.165) is 26.1 Å². The monoisotopic (exact) mass is 228 g/mol. The Morgan fingerprint density at radius 2 is 2.25 bits per heavy atom. The molecule has 1 aliphatic heterocycles. The van der Waals surface area contributed by atoms with Gasteiger partial charge in [0.1, 0.15) is 0 Å². The second kappa shape index (κ2) is 6.21. The zero-order valence-corrected chi connectivity index (χ0v) is 10.5. The van der Waals surface area contributed by atoms with Crippen LogP contribution >= 0.6 is 0 Å². The van der Waals surface area contributed by atoms with Gasteiger partial charge >= 0.3 is 0 Å². The van der Waals surface area contributed by atoms with E-state index in [9.17, 15) is 4.79 Å². The van der Waals surface area contributed by atoms with Gasteiger partial charge in [0.2, 0.25) is 5.91 Å². The highest BCUT2D eigenvalue weighted by Crippen LogP contribution is 2.16. The third kappa shape index (κ3) is 3.46. The summed E-state index contributed by atoms with van der Waals surface area (Å²) in [5.41, 5.74) is 5.87. The number of ether oxygens (including phenoxy) is 1. The van der Waals surface area contributed by atoms with Gasteiger partial charge in [0, 0.05) is 18.6 Å². The Labute approximate surface area is 97.9 Å². The largest absolute Gasteiger partial charge is 0.381 e. The molecule has 0 aromatic carbocycles. The molecule has 0 aliphatic carbocycles. The fraction of sp³-hybridized carbons (Fsp3) is 0.917. The first kappa shape index (κ1) is 13.5. The molecule has 4 heteroatoms. The van der Waals surface area contributed by atoms with Gasteiger partial charge in [-0.25, -0.2) is 0 Å². The van der Waals surface area contributed by atoms with Gasteiger partial charge in [0.25, 0.3) is 0 Å². The number of carbonyl (C=O) groups excluding carboxylic acids is 1. The van der Waals surface area contributed by atoms with Crippen molar-refractivity contribution in [2.45, 2.75) is 45.7 Å². The van der Waals surface area contributed by atoms with Gasteiger partial charge in [0.05, 0.1) is 12.6 Å². The van der Waals surface area contributed by atoms with Crippen molar-refractivity contribution in [2.75, 3.05) is 13.2 Å². The summed E-state index contributed by atoms with van der Waals surface area (Å²) in [4.78, 5) is 11.8. The van der Waals surface area contributed by atoms with E-state index in [1.165, 1.54) is 0 Å². The molecule has 0 aromatic rings. The zero-order valence-electron chi connectivity index (χ0n) is 10.5. The lowest BCUT2D eigenvalue weighted by Gasteiger charge is -2.23. The number of carbonyl (C=O) groups is 1. The first-order valence-corrected chi connectivity index (χ1v) is 6.20. The van der Waals surface area contributed by atoms with Crippen molar-refractivity contribution >= 4 is 5.91 Å². The number of amides is 1. The van der Waals surface area contributed by atoms with Crippen LogP contribution in [0.4, 0.5) is 0 Å². The maximum absolute atomic E-state index is 11.8. The smallest absolute Gasteiger partial charge is 0.237 e. The van der Waals surface area contributed by atoms with Gasteiger partial charge in [0.15, 0.2) is 0 Å². The minimum atomic E-state index is -0.394. The van der Waals surface area contributed by atoms with Crippen LogP contribution in [-0.2, 0) is 9.53 Å². The second-order valence-corrected chi connectivity index (χ2v) is 4.83. The fourth-order valence-electron chi connectivity index (χ4n) is 1.90. The molecule has 0 bridgehead atoms. The third-order valence-corrected chi connectivity index (χ3v) is 3.60. The number of hydrogen-bond donors (Lipinski definition) is 2. The van der Waals surface area contributed by atoms with Crippen molar-refractivity contribution in [3.63, 3.8) is 0 Å². The van der Waals surface area contributed by atoms with Crippen LogP contribution in [0.2, 0.25) is 0 Å². The summed E-state index contributed by atoms with van der Waals surface area (Å²) < 4.78 is 5.31. The van der Waals surface area contributed by atoms with E-state index in [0.29, 0.717) is 5.92 Å². The molecule has 1 rings (SSSR count). The molecular formula is C12H24N2O2. The van der Waals surface area contributed by atoms with Crippen molar-refractivity contribution in [2.24, 2.45) is 17.6 Å². The predicted octanol–water partition coefficient (Wildman–Crippen LogP) is 0.901. The van der Waals surface area contributed by atoms with Gasteiger partial charge in [-0.2, -0.15) is 0 Å². The summed E-state index contributed by atoms with van der Waals surface area (Å²) in [6.45, 7) is 7.64. The molecule has 4 atom stereocenters. The van der Waals surface area contributed by atoms with Crippen LogP contribution in [-0.4, -0.2) is 31.2 Å². The van der Waals surface area contributed by atoms with Gasteiger partial charge < -0.3 is 15.8 Å². The molecule has 16 heavy (non-hydrogen) atoms. The summed E-state index contributed by atoms with van der Waals surface area (Å²) in [5.74, 6) is 0.633. The molecule has 0 spiro atoms. The van der Waals surface area contributed by atoms with E-state index >= 15 is 0 Å². The van der Waals surface area contributed by atoms with Crippen LogP contribution in [0.5, 0.6) is 0 Å². The van der Waals surface area contributed by atoms with Gasteiger partial charge in [-0.3, -0.25) is 4.79 Å². The average Bonchev–Trinajstić information content (AvgIpc) is 2.80. The Balaban J connectivity index is 2.37. The first-order valence-electron chi connectivity index (χ1n) is 6.20. The van der Waals surface area contributed by atoms with Crippen molar-refractivity contribution in [1.29, 1.82) is 0 Å². The van der Waals surface area contributed by atoms with Crippen LogP contribution in [0, 0.1) is 11.8 Å². The predicted molar refractivity (Wildman–Crippen MR) is 64.0 cm³/mol. The Kier molecular flexibility index (Phi) is 5.22. The minimum Gasteiger partial charge on any atom is -0.381 e. The summed E-state index contributed by atoms with van der Waals surface area (Å²) in [6, 6.07) is -0.236. The topological polar surface area (TPSA) is 64.4 Å². The first-order chi connectivity index (χ1) is 7.56. The van der Waals surface area contributed by atoms with Crippen LogP contribution < -0.4 is 11.1 Å². The quantitative estimate of drug-likeness (QED) is 0.735. The van der Waals surface area contributed by atoms with Crippen molar-refractivity contribution < 1.29 is 9.53 Å². The molecule has 0 saturated carbocycles. The second-order valence-electron chi connectivity index (χ2n) is 4.83. The van der Waals surface area contributed by atoms with E-state index in [-0.39, 0.29) is 17.9 Å². The van der Waals surface area contributed by atoms with E-state index in [2.05, 4.69) is 5.32 Å². The molecule has 94 valence electrons. The van der Waals surface area contributed by atoms with Gasteiger partial charge in [-0.15, -0.1) is 0 Å². The summed E-state index contributed by atoms with van der Waals surface area (Å²) >= 11 is 0. The number of hydrogen-bond acceptors (Lipinski definition) is 3. The molecule has 1 aliphatic rings. The van der Waals surface area contributed by atoms with E-state index < -0.39 is 6.04 Å². The highest BCUT2D eigenvalue weighted by molar-refractivity contribution is 5.82. The van der Waals surface area contributed by atoms with E-state index in [1.807, 2.05) is 20.8 Å². The third-order valence-electron chi connectivity index (χ3n) is 3.60. The summed E-state index contributed by atoms with van der Waals surface area (Å²) in [6.07, 6.45) is 1.95. The maximum atomic E-state index is 11.8. The van der Waals surface area contributed by atoms with E-state index in [4.69, 9.17) is 10.5 Å². The van der Waals surface area contributed by atoms with Crippen molar-refractivity contribution in [1.82, 2.24) is 5.32 Å². The van der Waals surface area contributed by atoms with E-state index in [1.54, 1.807) is 0 Å². The molecule has 4 nitrogen and oxygen atoms in total. The fourth-order valence-corrected chi connectivity index (χ4v) is 1.90. The SMILES string of the molecule is CC[C@H](C)[C@H](N)C(=O)NC(C)C1CCOC1. The lowest BCUT2D eigenvalue weighted by Crippen LogP contribution is -2.49. The highest BCUT2D eigenvalue weighted by Gasteiger charge is 2.26. The standard InChI is InChI=1S/C12H24N2O2/c1-4-8(2)11(13)12(15)14-9(3)10-5-6-16-7-10/h8-11H,4-7,13H2,1-3H3,(H,14,15)/t8-,9?,10?,11-/m0/s1. The van der Waals surface area contributed by atoms with Crippen molar-refractivity contribution in [3.8, 4) is 0 Å². The van der Waals surface area contributed by atoms with Gasteiger partial charge in [-0.1, -0.05) is 20.3 Å². The van der Waals surface area contributed by atoms with Crippen molar-refractivity contribution in [3.05, 3.63) is 0 Å². The molecular weight excluding hydrogens is 204 g/mol. The normalized spacial score (nSPS) is 26.1.